The molecule has 3 heteroatoms. The van der Waals surface area contributed by atoms with Crippen LogP contribution in [0.15, 0.2) is 79.0 Å². The topological polar surface area (TPSA) is 43.3 Å². The van der Waals surface area contributed by atoms with Crippen LogP contribution in [0, 0.1) is 0 Å². The molecule has 120 valence electrons. The van der Waals surface area contributed by atoms with E-state index in [2.05, 4.69) is 54.6 Å². The summed E-state index contributed by atoms with van der Waals surface area (Å²) in [6.45, 7) is 0. The maximum Gasteiger partial charge on any atom is 0.0960 e. The monoisotopic (exact) mass is 323 g/mol. The lowest BCUT2D eigenvalue weighted by Gasteiger charge is -2.11. The molecule has 5 rings (SSSR count). The molecule has 2 heterocycles. The third kappa shape index (κ3) is 2.09. The van der Waals surface area contributed by atoms with Crippen LogP contribution in [-0.4, -0.2) is 9.61 Å². The predicted octanol–water partition coefficient (Wildman–Crippen LogP) is 4.81. The third-order valence-corrected chi connectivity index (χ3v) is 4.83. The van der Waals surface area contributed by atoms with E-state index in [4.69, 9.17) is 10.8 Å². The molecule has 3 aromatic carbocycles. The number of fused-ring (bicyclic) bond motifs is 6. The van der Waals surface area contributed by atoms with E-state index in [1.165, 1.54) is 21.9 Å². The van der Waals surface area contributed by atoms with Gasteiger partial charge in [0, 0.05) is 22.8 Å². The van der Waals surface area contributed by atoms with Gasteiger partial charge in [-0.25, -0.2) is 4.52 Å². The van der Waals surface area contributed by atoms with E-state index in [1.54, 1.807) is 0 Å². The van der Waals surface area contributed by atoms with Crippen molar-refractivity contribution in [3.8, 4) is 0 Å². The maximum absolute atomic E-state index is 6.31. The highest BCUT2D eigenvalue weighted by Gasteiger charge is 2.14. The standard InChI is InChI=1S/C22H17N3/c23-20-12-6-11-19-17-9-4-5-10-18(17)21-16(14-24-25(21)22(19)20)13-15-7-2-1-3-8-15/h1-12,14H,13,23H2. The summed E-state index contributed by atoms with van der Waals surface area (Å²) in [7, 11) is 0. The van der Waals surface area contributed by atoms with Crippen molar-refractivity contribution < 1.29 is 0 Å². The average Bonchev–Trinajstić information content (AvgIpc) is 3.06. The molecule has 0 saturated carbocycles. The van der Waals surface area contributed by atoms with Crippen LogP contribution in [0.1, 0.15) is 11.1 Å². The van der Waals surface area contributed by atoms with Gasteiger partial charge in [0.25, 0.3) is 0 Å². The number of nitrogen functional groups attached to an aromatic ring is 1. The molecule has 0 amide bonds. The molecule has 0 saturated heterocycles. The smallest absolute Gasteiger partial charge is 0.0960 e. The number of pyridine rings is 1. The molecular weight excluding hydrogens is 306 g/mol. The Hall–Kier alpha value is -3.33. The van der Waals surface area contributed by atoms with Crippen molar-refractivity contribution in [1.29, 1.82) is 0 Å². The van der Waals surface area contributed by atoms with Crippen molar-refractivity contribution in [2.75, 3.05) is 5.73 Å². The molecule has 0 aliphatic carbocycles. The Morgan fingerprint density at radius 1 is 0.720 bits per heavy atom. The van der Waals surface area contributed by atoms with Gasteiger partial charge in [-0.05, 0) is 17.0 Å². The van der Waals surface area contributed by atoms with Crippen LogP contribution in [0.3, 0.4) is 0 Å². The summed E-state index contributed by atoms with van der Waals surface area (Å²) in [6.07, 6.45) is 2.83. The number of rotatable bonds is 2. The zero-order chi connectivity index (χ0) is 16.8. The van der Waals surface area contributed by atoms with E-state index in [1.807, 2.05) is 28.9 Å². The van der Waals surface area contributed by atoms with Crippen LogP contribution in [0.25, 0.3) is 27.2 Å². The second-order valence-electron chi connectivity index (χ2n) is 6.38. The van der Waals surface area contributed by atoms with Crippen molar-refractivity contribution in [3.05, 3.63) is 90.1 Å². The molecule has 25 heavy (non-hydrogen) atoms. The first-order valence-corrected chi connectivity index (χ1v) is 8.42. The Morgan fingerprint density at radius 3 is 2.24 bits per heavy atom. The van der Waals surface area contributed by atoms with Crippen LogP contribution < -0.4 is 5.73 Å². The number of benzene rings is 3. The molecule has 5 aromatic rings. The highest BCUT2D eigenvalue weighted by atomic mass is 15.2. The fraction of sp³-hybridized carbons (Fsp3) is 0.0455. The highest BCUT2D eigenvalue weighted by molar-refractivity contribution is 6.15. The summed E-state index contributed by atoms with van der Waals surface area (Å²) < 4.78 is 2.01. The first-order chi connectivity index (χ1) is 12.3. The number of nitrogens with two attached hydrogens (primary N) is 1. The fourth-order valence-corrected chi connectivity index (χ4v) is 3.72. The summed E-state index contributed by atoms with van der Waals surface area (Å²) in [6, 6.07) is 25.1. The Labute approximate surface area is 145 Å². The summed E-state index contributed by atoms with van der Waals surface area (Å²) in [4.78, 5) is 0. The molecule has 3 nitrogen and oxygen atoms in total. The lowest BCUT2D eigenvalue weighted by Crippen LogP contribution is -1.98. The van der Waals surface area contributed by atoms with E-state index < -0.39 is 0 Å². The summed E-state index contributed by atoms with van der Waals surface area (Å²) in [5.74, 6) is 0. The van der Waals surface area contributed by atoms with Crippen LogP contribution >= 0.6 is 0 Å². The van der Waals surface area contributed by atoms with E-state index in [-0.39, 0.29) is 0 Å². The molecule has 2 N–H and O–H groups in total. The number of para-hydroxylation sites is 1. The van der Waals surface area contributed by atoms with Gasteiger partial charge in [0.1, 0.15) is 0 Å². The second kappa shape index (κ2) is 5.35. The van der Waals surface area contributed by atoms with Crippen LogP contribution in [0.2, 0.25) is 0 Å². The lowest BCUT2D eigenvalue weighted by molar-refractivity contribution is 1.01. The number of hydrogen-bond acceptors (Lipinski definition) is 2. The molecule has 0 radical (unpaired) electrons. The average molecular weight is 323 g/mol. The Morgan fingerprint density at radius 2 is 1.40 bits per heavy atom. The van der Waals surface area contributed by atoms with Crippen molar-refractivity contribution >= 4 is 32.9 Å². The molecule has 0 fully saturated rings. The van der Waals surface area contributed by atoms with E-state index in [0.717, 1.165) is 28.5 Å². The van der Waals surface area contributed by atoms with Gasteiger partial charge >= 0.3 is 0 Å². The summed E-state index contributed by atoms with van der Waals surface area (Å²) >= 11 is 0. The maximum atomic E-state index is 6.31. The van der Waals surface area contributed by atoms with Gasteiger partial charge in [0.15, 0.2) is 0 Å². The normalized spacial score (nSPS) is 11.5. The lowest BCUT2D eigenvalue weighted by atomic mass is 10.0. The van der Waals surface area contributed by atoms with E-state index in [9.17, 15) is 0 Å². The van der Waals surface area contributed by atoms with Gasteiger partial charge in [-0.2, -0.15) is 5.10 Å². The Balaban J connectivity index is 1.91. The molecule has 0 bridgehead atoms. The Kier molecular flexibility index (Phi) is 3.01. The van der Waals surface area contributed by atoms with Crippen LogP contribution in [-0.2, 0) is 6.42 Å². The van der Waals surface area contributed by atoms with Crippen molar-refractivity contribution in [2.45, 2.75) is 6.42 Å². The van der Waals surface area contributed by atoms with Crippen molar-refractivity contribution in [2.24, 2.45) is 0 Å². The quantitative estimate of drug-likeness (QED) is 0.374. The molecule has 0 aliphatic heterocycles. The van der Waals surface area contributed by atoms with Gasteiger partial charge in [-0.15, -0.1) is 0 Å². The summed E-state index contributed by atoms with van der Waals surface area (Å²) in [5, 5.41) is 8.25. The minimum atomic E-state index is 0.752. The van der Waals surface area contributed by atoms with Gasteiger partial charge in [-0.3, -0.25) is 0 Å². The van der Waals surface area contributed by atoms with Crippen molar-refractivity contribution in [3.63, 3.8) is 0 Å². The van der Waals surface area contributed by atoms with E-state index >= 15 is 0 Å². The largest absolute Gasteiger partial charge is 0.397 e. The zero-order valence-electron chi connectivity index (χ0n) is 13.7. The number of nitrogens with zero attached hydrogens (tertiary/aromatic N) is 2. The Bertz CT molecular complexity index is 1220. The number of aromatic nitrogens is 2. The molecule has 0 unspecified atom stereocenters. The van der Waals surface area contributed by atoms with Gasteiger partial charge < -0.3 is 5.73 Å². The molecule has 2 aromatic heterocycles. The first kappa shape index (κ1) is 14.1. The first-order valence-electron chi connectivity index (χ1n) is 8.42. The van der Waals surface area contributed by atoms with Gasteiger partial charge in [-0.1, -0.05) is 66.7 Å². The van der Waals surface area contributed by atoms with E-state index in [0.29, 0.717) is 0 Å². The van der Waals surface area contributed by atoms with Crippen LogP contribution in [0.4, 0.5) is 5.69 Å². The molecule has 0 spiro atoms. The van der Waals surface area contributed by atoms with Gasteiger partial charge in [0.05, 0.1) is 22.9 Å². The molecule has 0 aliphatic rings. The third-order valence-electron chi connectivity index (χ3n) is 4.83. The number of hydrogen-bond donors (Lipinski definition) is 1. The summed E-state index contributed by atoms with van der Waals surface area (Å²) in [5.41, 5.74) is 11.7. The predicted molar refractivity (Wildman–Crippen MR) is 104 cm³/mol. The second-order valence-corrected chi connectivity index (χ2v) is 6.38. The molecular formula is C22H17N3. The van der Waals surface area contributed by atoms with Crippen molar-refractivity contribution in [1.82, 2.24) is 9.61 Å². The minimum Gasteiger partial charge on any atom is -0.397 e. The minimum absolute atomic E-state index is 0.752. The molecule has 0 atom stereocenters. The highest BCUT2D eigenvalue weighted by Crippen LogP contribution is 2.33. The van der Waals surface area contributed by atoms with Gasteiger partial charge in [0.2, 0.25) is 0 Å². The SMILES string of the molecule is Nc1cccc2c3ccccc3c3c(Cc4ccccc4)cnn3c12. The number of anilines is 1. The zero-order valence-corrected chi connectivity index (χ0v) is 13.7. The fourth-order valence-electron chi connectivity index (χ4n) is 3.72. The van der Waals surface area contributed by atoms with Crippen LogP contribution in [0.5, 0.6) is 0 Å².